The van der Waals surface area contributed by atoms with E-state index in [-0.39, 0.29) is 5.82 Å². The van der Waals surface area contributed by atoms with Crippen LogP contribution in [0.3, 0.4) is 0 Å². The zero-order valence-corrected chi connectivity index (χ0v) is 22.3. The van der Waals surface area contributed by atoms with Gasteiger partial charge in [0.15, 0.2) is 0 Å². The molecular weight excluding hydrogens is 427 g/mol. The van der Waals surface area contributed by atoms with Gasteiger partial charge in [0.2, 0.25) is 0 Å². The fourth-order valence-electron chi connectivity index (χ4n) is 6.60. The standard InChI is InChI=1S/C34H47F/c1-3-5-7-9-26-11-13-27(14-12-26)15-16-28-17-20-30(21-18-28)32-24-22-31-25-29(10-8-6-4-2)19-23-33(31)34(32)35/h4,6-7,9,19,22-28,30H,3,5,8,10-18,20-21H2,1-2H3/b6-4+,9-7+. The Morgan fingerprint density at radius 1 is 0.829 bits per heavy atom. The maximum atomic E-state index is 15.5. The van der Waals surface area contributed by atoms with Gasteiger partial charge in [-0.05, 0) is 118 Å². The Labute approximate surface area is 214 Å². The Morgan fingerprint density at radius 3 is 2.23 bits per heavy atom. The van der Waals surface area contributed by atoms with Crippen molar-refractivity contribution in [1.29, 1.82) is 0 Å². The number of hydrogen-bond donors (Lipinski definition) is 0. The van der Waals surface area contributed by atoms with Gasteiger partial charge in [-0.3, -0.25) is 0 Å². The summed E-state index contributed by atoms with van der Waals surface area (Å²) in [5.74, 6) is 3.09. The predicted octanol–water partition coefficient (Wildman–Crippen LogP) is 10.7. The maximum absolute atomic E-state index is 15.5. The van der Waals surface area contributed by atoms with Crippen molar-refractivity contribution in [3.63, 3.8) is 0 Å². The van der Waals surface area contributed by atoms with Crippen LogP contribution >= 0.6 is 0 Å². The third-order valence-electron chi connectivity index (χ3n) is 8.91. The SMILES string of the molecule is C/C=C/CCc1ccc2c(F)c(C3CCC(CCC4CCC(/C=C/CCC)CC4)CC3)ccc2c1. The second-order valence-electron chi connectivity index (χ2n) is 11.4. The molecule has 190 valence electrons. The lowest BCUT2D eigenvalue weighted by atomic mass is 9.74. The van der Waals surface area contributed by atoms with Crippen LogP contribution in [0.15, 0.2) is 54.6 Å². The number of unbranched alkanes of at least 4 members (excludes halogenated alkanes) is 1. The van der Waals surface area contributed by atoms with Crippen molar-refractivity contribution in [2.24, 2.45) is 17.8 Å². The van der Waals surface area contributed by atoms with Crippen molar-refractivity contribution in [1.82, 2.24) is 0 Å². The summed E-state index contributed by atoms with van der Waals surface area (Å²) >= 11 is 0. The van der Waals surface area contributed by atoms with Crippen LogP contribution < -0.4 is 0 Å². The molecule has 0 aromatic heterocycles. The minimum atomic E-state index is 0.0377. The first kappa shape index (κ1) is 26.2. The highest BCUT2D eigenvalue weighted by Crippen LogP contribution is 2.41. The molecule has 2 aromatic rings. The lowest BCUT2D eigenvalue weighted by Crippen LogP contribution is -2.17. The number of rotatable bonds is 10. The highest BCUT2D eigenvalue weighted by molar-refractivity contribution is 5.84. The van der Waals surface area contributed by atoms with Crippen molar-refractivity contribution in [2.45, 2.75) is 110 Å². The monoisotopic (exact) mass is 474 g/mol. The van der Waals surface area contributed by atoms with E-state index in [1.807, 2.05) is 6.07 Å². The Balaban J connectivity index is 1.24. The van der Waals surface area contributed by atoms with E-state index in [2.05, 4.69) is 62.4 Å². The molecular formula is C34H47F. The minimum Gasteiger partial charge on any atom is -0.206 e. The molecule has 2 aliphatic rings. The van der Waals surface area contributed by atoms with Gasteiger partial charge >= 0.3 is 0 Å². The molecule has 0 unspecified atom stereocenters. The number of aryl methyl sites for hydroxylation is 1. The Bertz CT molecular complexity index is 967. The number of allylic oxidation sites excluding steroid dienone is 4. The Kier molecular flexibility index (Phi) is 10.0. The molecule has 0 atom stereocenters. The van der Waals surface area contributed by atoms with E-state index in [4.69, 9.17) is 0 Å². The zero-order valence-electron chi connectivity index (χ0n) is 22.3. The molecule has 4 rings (SSSR count). The second-order valence-corrected chi connectivity index (χ2v) is 11.4. The fraction of sp³-hybridized carbons (Fsp3) is 0.588. The van der Waals surface area contributed by atoms with E-state index in [1.54, 1.807) is 0 Å². The van der Waals surface area contributed by atoms with Crippen LogP contribution in [-0.4, -0.2) is 0 Å². The van der Waals surface area contributed by atoms with Crippen molar-refractivity contribution in [3.05, 3.63) is 71.6 Å². The van der Waals surface area contributed by atoms with Gasteiger partial charge in [-0.1, -0.05) is 80.8 Å². The van der Waals surface area contributed by atoms with Gasteiger partial charge in [-0.15, -0.1) is 0 Å². The van der Waals surface area contributed by atoms with Crippen molar-refractivity contribution < 1.29 is 4.39 Å². The molecule has 0 nitrogen and oxygen atoms in total. The van der Waals surface area contributed by atoms with E-state index in [0.717, 1.165) is 59.8 Å². The molecule has 2 aliphatic carbocycles. The largest absolute Gasteiger partial charge is 0.206 e. The van der Waals surface area contributed by atoms with E-state index < -0.39 is 0 Å². The van der Waals surface area contributed by atoms with E-state index >= 15 is 4.39 Å². The Hall–Kier alpha value is -1.89. The van der Waals surface area contributed by atoms with Crippen LogP contribution in [0.2, 0.25) is 0 Å². The average molecular weight is 475 g/mol. The molecule has 2 fully saturated rings. The van der Waals surface area contributed by atoms with Gasteiger partial charge in [0.25, 0.3) is 0 Å². The van der Waals surface area contributed by atoms with Crippen molar-refractivity contribution in [2.75, 3.05) is 0 Å². The third-order valence-corrected chi connectivity index (χ3v) is 8.91. The molecule has 35 heavy (non-hydrogen) atoms. The summed E-state index contributed by atoms with van der Waals surface area (Å²) in [6.07, 6.45) is 27.1. The maximum Gasteiger partial charge on any atom is 0.134 e. The number of benzene rings is 2. The highest BCUT2D eigenvalue weighted by atomic mass is 19.1. The average Bonchev–Trinajstić information content (AvgIpc) is 2.89. The smallest absolute Gasteiger partial charge is 0.134 e. The normalized spacial score (nSPS) is 25.7. The third kappa shape index (κ3) is 7.31. The first-order chi connectivity index (χ1) is 17.2. The van der Waals surface area contributed by atoms with Crippen LogP contribution in [0.4, 0.5) is 4.39 Å². The summed E-state index contributed by atoms with van der Waals surface area (Å²) in [5.41, 5.74) is 2.26. The van der Waals surface area contributed by atoms with Crippen molar-refractivity contribution >= 4 is 10.8 Å². The molecule has 0 saturated heterocycles. The van der Waals surface area contributed by atoms with Gasteiger partial charge in [-0.2, -0.15) is 0 Å². The summed E-state index contributed by atoms with van der Waals surface area (Å²) in [7, 11) is 0. The van der Waals surface area contributed by atoms with Gasteiger partial charge in [0, 0.05) is 5.39 Å². The fourth-order valence-corrected chi connectivity index (χ4v) is 6.60. The van der Waals surface area contributed by atoms with E-state index in [9.17, 15) is 0 Å². The number of hydrogen-bond acceptors (Lipinski definition) is 0. The van der Waals surface area contributed by atoms with Crippen LogP contribution in [-0.2, 0) is 6.42 Å². The van der Waals surface area contributed by atoms with E-state index in [0.29, 0.717) is 5.92 Å². The molecule has 0 N–H and O–H groups in total. The van der Waals surface area contributed by atoms with Crippen LogP contribution in [0.1, 0.15) is 114 Å². The second kappa shape index (κ2) is 13.4. The summed E-state index contributed by atoms with van der Waals surface area (Å²) < 4.78 is 15.5. The van der Waals surface area contributed by atoms with Crippen molar-refractivity contribution in [3.8, 4) is 0 Å². The highest BCUT2D eigenvalue weighted by Gasteiger charge is 2.26. The molecule has 0 amide bonds. The molecule has 2 aromatic carbocycles. The predicted molar refractivity (Wildman–Crippen MR) is 150 cm³/mol. The Morgan fingerprint density at radius 2 is 1.54 bits per heavy atom. The zero-order chi connectivity index (χ0) is 24.5. The van der Waals surface area contributed by atoms with Gasteiger partial charge in [0.05, 0.1) is 0 Å². The lowest BCUT2D eigenvalue weighted by molar-refractivity contribution is 0.245. The molecule has 0 bridgehead atoms. The topological polar surface area (TPSA) is 0 Å². The van der Waals surface area contributed by atoms with Gasteiger partial charge in [-0.25, -0.2) is 4.39 Å². The van der Waals surface area contributed by atoms with Gasteiger partial charge in [0.1, 0.15) is 5.82 Å². The molecule has 2 saturated carbocycles. The quantitative estimate of drug-likeness (QED) is 0.300. The van der Waals surface area contributed by atoms with Crippen LogP contribution in [0, 0.1) is 23.6 Å². The van der Waals surface area contributed by atoms with Crippen LogP contribution in [0.25, 0.3) is 10.8 Å². The molecule has 0 aliphatic heterocycles. The lowest BCUT2D eigenvalue weighted by Gasteiger charge is -2.32. The molecule has 1 heteroatoms. The first-order valence-corrected chi connectivity index (χ1v) is 14.7. The number of halogens is 1. The molecule has 0 spiro atoms. The summed E-state index contributed by atoms with van der Waals surface area (Å²) in [4.78, 5) is 0. The van der Waals surface area contributed by atoms with E-state index in [1.165, 1.54) is 69.8 Å². The summed E-state index contributed by atoms with van der Waals surface area (Å²) in [6, 6.07) is 10.6. The summed E-state index contributed by atoms with van der Waals surface area (Å²) in [5, 5.41) is 1.85. The molecule has 0 radical (unpaired) electrons. The van der Waals surface area contributed by atoms with Crippen LogP contribution in [0.5, 0.6) is 0 Å². The molecule has 0 heterocycles. The minimum absolute atomic E-state index is 0.0377. The van der Waals surface area contributed by atoms with Gasteiger partial charge < -0.3 is 0 Å². The summed E-state index contributed by atoms with van der Waals surface area (Å²) in [6.45, 7) is 4.32. The first-order valence-electron chi connectivity index (χ1n) is 14.7. The number of fused-ring (bicyclic) bond motifs is 1.